The van der Waals surface area contributed by atoms with Gasteiger partial charge in [0.15, 0.2) is 0 Å². The number of hydrogen-bond acceptors (Lipinski definition) is 1. The summed E-state index contributed by atoms with van der Waals surface area (Å²) in [7, 11) is 0. The molecule has 10 heavy (non-hydrogen) atoms. The molecule has 0 saturated carbocycles. The van der Waals surface area contributed by atoms with Gasteiger partial charge in [0.2, 0.25) is 0 Å². The molecule has 1 rings (SSSR count). The molecule has 0 heterocycles. The number of hydrogen-bond donors (Lipinski definition) is 0. The lowest BCUT2D eigenvalue weighted by atomic mass is 10.3. The van der Waals surface area contributed by atoms with Gasteiger partial charge in [0.05, 0.1) is 5.02 Å². The van der Waals surface area contributed by atoms with E-state index >= 15 is 0 Å². The summed E-state index contributed by atoms with van der Waals surface area (Å²) in [4.78, 5) is 0. The SMILES string of the molecule is FN(Cl)c1ccccc1Cl. The van der Waals surface area contributed by atoms with Crippen molar-refractivity contribution in [3.05, 3.63) is 29.3 Å². The van der Waals surface area contributed by atoms with Crippen LogP contribution in [0, 0.1) is 0 Å². The summed E-state index contributed by atoms with van der Waals surface area (Å²) in [6.07, 6.45) is 0. The topological polar surface area (TPSA) is 3.24 Å². The Labute approximate surface area is 68.0 Å². The summed E-state index contributed by atoms with van der Waals surface area (Å²) >= 11 is 10.5. The lowest BCUT2D eigenvalue weighted by Gasteiger charge is -2.03. The molecular weight excluding hydrogens is 176 g/mol. The Balaban J connectivity index is 3.03. The van der Waals surface area contributed by atoms with Gasteiger partial charge in [-0.1, -0.05) is 28.2 Å². The van der Waals surface area contributed by atoms with Crippen molar-refractivity contribution < 1.29 is 4.48 Å². The van der Waals surface area contributed by atoms with Gasteiger partial charge in [-0.3, -0.25) is 0 Å². The van der Waals surface area contributed by atoms with E-state index in [2.05, 4.69) is 0 Å². The monoisotopic (exact) mass is 179 g/mol. The summed E-state index contributed by atoms with van der Waals surface area (Å²) in [5.74, 6) is 0. The van der Waals surface area contributed by atoms with Gasteiger partial charge in [0.1, 0.15) is 5.69 Å². The summed E-state index contributed by atoms with van der Waals surface area (Å²) in [5, 5.41) is 0.292. The second-order valence-corrected chi connectivity index (χ2v) is 2.39. The molecule has 0 spiro atoms. The maximum absolute atomic E-state index is 12.2. The highest BCUT2D eigenvalue weighted by Crippen LogP contribution is 2.26. The largest absolute Gasteiger partial charge is 0.116 e. The Bertz CT molecular complexity index is 227. The van der Waals surface area contributed by atoms with Gasteiger partial charge < -0.3 is 0 Å². The number of benzene rings is 1. The highest BCUT2D eigenvalue weighted by Gasteiger charge is 2.03. The molecule has 0 amide bonds. The van der Waals surface area contributed by atoms with E-state index in [1.165, 1.54) is 6.07 Å². The van der Waals surface area contributed by atoms with Crippen LogP contribution in [0.15, 0.2) is 24.3 Å². The minimum atomic E-state index is -0.0394. The molecule has 0 atom stereocenters. The van der Waals surface area contributed by atoms with Crippen LogP contribution in [0.4, 0.5) is 10.2 Å². The van der Waals surface area contributed by atoms with Crippen molar-refractivity contribution in [3.63, 3.8) is 0 Å². The molecule has 0 aliphatic heterocycles. The number of halogens is 3. The van der Waals surface area contributed by atoms with E-state index in [1.807, 2.05) is 0 Å². The molecule has 0 aliphatic carbocycles. The average Bonchev–Trinajstić information content (AvgIpc) is 1.88. The molecule has 0 unspecified atom stereocenters. The van der Waals surface area contributed by atoms with Crippen LogP contribution in [0.2, 0.25) is 5.02 Å². The Kier molecular flexibility index (Phi) is 2.35. The molecular formula is C6H4Cl2FN. The number of para-hydroxylation sites is 1. The van der Waals surface area contributed by atoms with Gasteiger partial charge in [-0.05, 0) is 12.1 Å². The van der Waals surface area contributed by atoms with Gasteiger partial charge in [-0.15, -0.1) is 4.64 Å². The number of anilines is 1. The van der Waals surface area contributed by atoms with Crippen LogP contribution in [0.25, 0.3) is 0 Å². The van der Waals surface area contributed by atoms with E-state index in [-0.39, 0.29) is 10.3 Å². The van der Waals surface area contributed by atoms with Crippen molar-refractivity contribution in [1.29, 1.82) is 0 Å². The van der Waals surface area contributed by atoms with Gasteiger partial charge in [0, 0.05) is 11.8 Å². The first-order valence-electron chi connectivity index (χ1n) is 2.58. The minimum absolute atomic E-state index is 0.0394. The Morgan fingerprint density at radius 3 is 2.30 bits per heavy atom. The molecule has 1 nitrogen and oxygen atoms in total. The lowest BCUT2D eigenvalue weighted by molar-refractivity contribution is 0.540. The molecule has 54 valence electrons. The van der Waals surface area contributed by atoms with Crippen molar-refractivity contribution in [1.82, 2.24) is 0 Å². The molecule has 1 aromatic rings. The summed E-state index contributed by atoms with van der Waals surface area (Å²) in [6, 6.07) is 6.39. The summed E-state index contributed by atoms with van der Waals surface area (Å²) < 4.78 is 12.2. The first-order chi connectivity index (χ1) is 4.72. The van der Waals surface area contributed by atoms with E-state index in [0.29, 0.717) is 5.02 Å². The Morgan fingerprint density at radius 2 is 1.90 bits per heavy atom. The molecule has 0 saturated heterocycles. The smallest absolute Gasteiger partial charge is 0.106 e. The van der Waals surface area contributed by atoms with Crippen molar-refractivity contribution in [2.24, 2.45) is 0 Å². The molecule has 0 aromatic heterocycles. The third-order valence-corrected chi connectivity index (χ3v) is 1.54. The lowest BCUT2D eigenvalue weighted by Crippen LogP contribution is -1.93. The highest BCUT2D eigenvalue weighted by atomic mass is 35.5. The maximum atomic E-state index is 12.2. The van der Waals surface area contributed by atoms with E-state index in [0.717, 1.165) is 0 Å². The second kappa shape index (κ2) is 3.08. The quantitative estimate of drug-likeness (QED) is 0.599. The van der Waals surface area contributed by atoms with Crippen molar-refractivity contribution in [2.45, 2.75) is 0 Å². The van der Waals surface area contributed by atoms with Crippen LogP contribution in [0.3, 0.4) is 0 Å². The van der Waals surface area contributed by atoms with Crippen molar-refractivity contribution >= 4 is 29.1 Å². The standard InChI is InChI=1S/C6H4Cl2FN/c7-5-3-1-2-4-6(5)10(8)9/h1-4H. The van der Waals surface area contributed by atoms with E-state index in [4.69, 9.17) is 23.4 Å². The molecule has 0 bridgehead atoms. The van der Waals surface area contributed by atoms with Crippen LogP contribution < -0.4 is 4.64 Å². The Morgan fingerprint density at radius 1 is 1.30 bits per heavy atom. The fraction of sp³-hybridized carbons (Fsp3) is 0. The van der Waals surface area contributed by atoms with Crippen LogP contribution in [-0.4, -0.2) is 0 Å². The fourth-order valence-electron chi connectivity index (χ4n) is 0.589. The zero-order valence-electron chi connectivity index (χ0n) is 4.89. The van der Waals surface area contributed by atoms with Crippen molar-refractivity contribution in [2.75, 3.05) is 4.64 Å². The second-order valence-electron chi connectivity index (χ2n) is 1.68. The third-order valence-electron chi connectivity index (χ3n) is 1.03. The predicted molar refractivity (Wildman–Crippen MR) is 40.9 cm³/mol. The molecule has 0 radical (unpaired) electrons. The third kappa shape index (κ3) is 1.52. The van der Waals surface area contributed by atoms with Crippen molar-refractivity contribution in [3.8, 4) is 0 Å². The van der Waals surface area contributed by atoms with Crippen LogP contribution in [-0.2, 0) is 0 Å². The Hall–Kier alpha value is -0.470. The van der Waals surface area contributed by atoms with Crippen LogP contribution in [0.5, 0.6) is 0 Å². The molecule has 0 aliphatic rings. The average molecular weight is 180 g/mol. The first-order valence-corrected chi connectivity index (χ1v) is 3.29. The molecule has 1 aromatic carbocycles. The van der Waals surface area contributed by atoms with Gasteiger partial charge in [-0.25, -0.2) is 0 Å². The number of rotatable bonds is 1. The zero-order chi connectivity index (χ0) is 7.56. The van der Waals surface area contributed by atoms with E-state index in [9.17, 15) is 4.48 Å². The number of nitrogens with zero attached hydrogens (tertiary/aromatic N) is 1. The first kappa shape index (κ1) is 7.63. The van der Waals surface area contributed by atoms with Crippen LogP contribution in [0.1, 0.15) is 0 Å². The van der Waals surface area contributed by atoms with Gasteiger partial charge in [0.25, 0.3) is 0 Å². The summed E-state index contributed by atoms with van der Waals surface area (Å²) in [5.41, 5.74) is 0.158. The van der Waals surface area contributed by atoms with E-state index in [1.54, 1.807) is 18.2 Å². The zero-order valence-corrected chi connectivity index (χ0v) is 6.40. The predicted octanol–water partition coefficient (Wildman–Crippen LogP) is 3.18. The van der Waals surface area contributed by atoms with Crippen LogP contribution >= 0.6 is 23.4 Å². The molecule has 0 N–H and O–H groups in total. The minimum Gasteiger partial charge on any atom is -0.116 e. The summed E-state index contributed by atoms with van der Waals surface area (Å²) in [6.45, 7) is 0. The van der Waals surface area contributed by atoms with Gasteiger partial charge in [-0.2, -0.15) is 0 Å². The molecule has 0 fully saturated rings. The van der Waals surface area contributed by atoms with Gasteiger partial charge >= 0.3 is 0 Å². The maximum Gasteiger partial charge on any atom is 0.106 e. The van der Waals surface area contributed by atoms with E-state index < -0.39 is 0 Å². The normalized spacial score (nSPS) is 9.50. The highest BCUT2D eigenvalue weighted by molar-refractivity contribution is 6.35. The molecule has 4 heteroatoms. The fourth-order valence-corrected chi connectivity index (χ4v) is 0.989.